The summed E-state index contributed by atoms with van der Waals surface area (Å²) in [6.45, 7) is 0.979. The van der Waals surface area contributed by atoms with Crippen LogP contribution >= 0.6 is 0 Å². The summed E-state index contributed by atoms with van der Waals surface area (Å²) >= 11 is 0. The Hall–Kier alpha value is -1.18. The summed E-state index contributed by atoms with van der Waals surface area (Å²) in [7, 11) is 1.77. The highest BCUT2D eigenvalue weighted by Crippen LogP contribution is 2.24. The van der Waals surface area contributed by atoms with Gasteiger partial charge in [-0.3, -0.25) is 9.59 Å². The van der Waals surface area contributed by atoms with Crippen molar-refractivity contribution < 1.29 is 19.4 Å². The molecule has 0 aromatic rings. The lowest BCUT2D eigenvalue weighted by atomic mass is 10.0. The van der Waals surface area contributed by atoms with Gasteiger partial charge in [-0.1, -0.05) is 0 Å². The lowest BCUT2D eigenvalue weighted by Crippen LogP contribution is -2.50. The van der Waals surface area contributed by atoms with Crippen LogP contribution in [0.5, 0.6) is 0 Å². The van der Waals surface area contributed by atoms with E-state index < -0.39 is 18.1 Å². The topological polar surface area (TPSA) is 105 Å². The number of ether oxygens (including phenoxy) is 1. The first-order valence-electron chi connectivity index (χ1n) is 6.07. The van der Waals surface area contributed by atoms with Crippen molar-refractivity contribution in [3.8, 4) is 0 Å². The number of rotatable bonds is 3. The van der Waals surface area contributed by atoms with Crippen molar-refractivity contribution in [2.45, 2.75) is 24.6 Å². The SMILES string of the molecule is CNC1COCC1C(=O)N1CC(O)CC1C(N)=O. The summed E-state index contributed by atoms with van der Waals surface area (Å²) in [5.41, 5.74) is 5.26. The fourth-order valence-corrected chi connectivity index (χ4v) is 2.62. The second-order valence-corrected chi connectivity index (χ2v) is 4.84. The fourth-order valence-electron chi connectivity index (χ4n) is 2.62. The third kappa shape index (κ3) is 2.33. The minimum absolute atomic E-state index is 0.0521. The van der Waals surface area contributed by atoms with Gasteiger partial charge in [-0.05, 0) is 7.05 Å². The molecule has 2 heterocycles. The summed E-state index contributed by atoms with van der Waals surface area (Å²) in [5, 5.41) is 12.6. The highest BCUT2D eigenvalue weighted by molar-refractivity contribution is 5.88. The maximum Gasteiger partial charge on any atom is 0.240 e. The van der Waals surface area contributed by atoms with E-state index in [1.807, 2.05) is 0 Å². The Labute approximate surface area is 105 Å². The third-order valence-corrected chi connectivity index (χ3v) is 3.66. The minimum atomic E-state index is -0.703. The molecule has 2 rings (SSSR count). The second-order valence-electron chi connectivity index (χ2n) is 4.84. The Bertz CT molecular complexity index is 349. The molecule has 7 nitrogen and oxygen atoms in total. The largest absolute Gasteiger partial charge is 0.391 e. The van der Waals surface area contributed by atoms with Gasteiger partial charge in [0.2, 0.25) is 11.8 Å². The van der Waals surface area contributed by atoms with E-state index in [1.165, 1.54) is 4.90 Å². The van der Waals surface area contributed by atoms with Gasteiger partial charge in [0, 0.05) is 19.0 Å². The van der Waals surface area contributed by atoms with Crippen LogP contribution in [0.15, 0.2) is 0 Å². The van der Waals surface area contributed by atoms with Gasteiger partial charge in [0.05, 0.1) is 25.2 Å². The number of carbonyl (C=O) groups excluding carboxylic acids is 2. The van der Waals surface area contributed by atoms with Crippen molar-refractivity contribution in [2.24, 2.45) is 11.7 Å². The summed E-state index contributed by atoms with van der Waals surface area (Å²) in [5.74, 6) is -1.06. The fraction of sp³-hybridized carbons (Fsp3) is 0.818. The van der Waals surface area contributed by atoms with Crippen LogP contribution in [-0.2, 0) is 14.3 Å². The zero-order chi connectivity index (χ0) is 13.3. The second kappa shape index (κ2) is 5.21. The first kappa shape index (κ1) is 13.3. The average molecular weight is 257 g/mol. The van der Waals surface area contributed by atoms with E-state index in [-0.39, 0.29) is 30.8 Å². The monoisotopic (exact) mass is 257 g/mol. The number of aliphatic hydroxyl groups is 1. The molecular weight excluding hydrogens is 238 g/mol. The minimum Gasteiger partial charge on any atom is -0.391 e. The van der Waals surface area contributed by atoms with Gasteiger partial charge in [0.1, 0.15) is 6.04 Å². The zero-order valence-corrected chi connectivity index (χ0v) is 10.3. The zero-order valence-electron chi connectivity index (χ0n) is 10.3. The molecule has 2 fully saturated rings. The molecular formula is C11H19N3O4. The normalized spacial score (nSPS) is 36.0. The Balaban J connectivity index is 2.10. The van der Waals surface area contributed by atoms with Crippen LogP contribution in [-0.4, -0.2) is 66.8 Å². The molecule has 2 aliphatic heterocycles. The van der Waals surface area contributed by atoms with Crippen molar-refractivity contribution in [1.82, 2.24) is 10.2 Å². The van der Waals surface area contributed by atoms with Crippen molar-refractivity contribution in [2.75, 3.05) is 26.8 Å². The van der Waals surface area contributed by atoms with E-state index in [9.17, 15) is 14.7 Å². The number of likely N-dealkylation sites (tertiary alicyclic amines) is 1. The molecule has 0 radical (unpaired) electrons. The number of nitrogens with one attached hydrogen (secondary N) is 1. The van der Waals surface area contributed by atoms with E-state index in [0.717, 1.165) is 0 Å². The molecule has 2 saturated heterocycles. The van der Waals surface area contributed by atoms with E-state index in [4.69, 9.17) is 10.5 Å². The van der Waals surface area contributed by atoms with Crippen molar-refractivity contribution in [3.63, 3.8) is 0 Å². The highest BCUT2D eigenvalue weighted by atomic mass is 16.5. The molecule has 0 bridgehead atoms. The Morgan fingerprint density at radius 2 is 2.17 bits per heavy atom. The van der Waals surface area contributed by atoms with E-state index >= 15 is 0 Å². The molecule has 0 spiro atoms. The first-order chi connectivity index (χ1) is 8.54. The standard InChI is InChI=1S/C11H19N3O4/c1-13-8-5-18-4-7(8)11(17)14-3-6(15)2-9(14)10(12)16/h6-9,13,15H,2-5H2,1H3,(H2,12,16). The van der Waals surface area contributed by atoms with Gasteiger partial charge >= 0.3 is 0 Å². The highest BCUT2D eigenvalue weighted by Gasteiger charge is 2.43. The maximum atomic E-state index is 12.4. The summed E-state index contributed by atoms with van der Waals surface area (Å²) in [4.78, 5) is 25.0. The van der Waals surface area contributed by atoms with Crippen molar-refractivity contribution >= 4 is 11.8 Å². The van der Waals surface area contributed by atoms with Crippen molar-refractivity contribution in [1.29, 1.82) is 0 Å². The van der Waals surface area contributed by atoms with Crippen molar-refractivity contribution in [3.05, 3.63) is 0 Å². The number of β-amino-alcohol motifs (C(OH)–C–C–N with tert-alkyl or cyclic N) is 1. The molecule has 4 N–H and O–H groups in total. The lowest BCUT2D eigenvalue weighted by Gasteiger charge is -2.26. The Kier molecular flexibility index (Phi) is 3.84. The smallest absolute Gasteiger partial charge is 0.240 e. The summed E-state index contributed by atoms with van der Waals surface area (Å²) in [6, 6.07) is -0.755. The molecule has 4 atom stereocenters. The summed E-state index contributed by atoms with van der Waals surface area (Å²) in [6.07, 6.45) is -0.458. The molecule has 2 aliphatic rings. The van der Waals surface area contributed by atoms with Gasteiger partial charge in [0.15, 0.2) is 0 Å². The number of hydrogen-bond donors (Lipinski definition) is 3. The van der Waals surface area contributed by atoms with E-state index in [2.05, 4.69) is 5.32 Å². The van der Waals surface area contributed by atoms with Crippen LogP contribution in [0, 0.1) is 5.92 Å². The number of hydrogen-bond acceptors (Lipinski definition) is 5. The van der Waals surface area contributed by atoms with Gasteiger partial charge in [-0.25, -0.2) is 0 Å². The average Bonchev–Trinajstić information content (AvgIpc) is 2.93. The molecule has 0 aromatic heterocycles. The van der Waals surface area contributed by atoms with Crippen LogP contribution in [0.3, 0.4) is 0 Å². The Morgan fingerprint density at radius 1 is 1.44 bits per heavy atom. The number of carbonyl (C=O) groups is 2. The molecule has 0 aromatic carbocycles. The van der Waals surface area contributed by atoms with E-state index in [0.29, 0.717) is 13.2 Å². The molecule has 2 amide bonds. The van der Waals surface area contributed by atoms with Crippen LogP contribution in [0.4, 0.5) is 0 Å². The molecule has 102 valence electrons. The van der Waals surface area contributed by atoms with Crippen LogP contribution < -0.4 is 11.1 Å². The predicted octanol–water partition coefficient (Wildman–Crippen LogP) is -2.33. The van der Waals surface area contributed by atoms with Gasteiger partial charge in [-0.15, -0.1) is 0 Å². The molecule has 7 heteroatoms. The third-order valence-electron chi connectivity index (χ3n) is 3.66. The predicted molar refractivity (Wildman–Crippen MR) is 62.5 cm³/mol. The molecule has 4 unspecified atom stereocenters. The van der Waals surface area contributed by atoms with E-state index in [1.54, 1.807) is 7.05 Å². The molecule has 0 saturated carbocycles. The number of primary amides is 1. The number of nitrogens with two attached hydrogens (primary N) is 1. The number of aliphatic hydroxyl groups excluding tert-OH is 1. The maximum absolute atomic E-state index is 12.4. The number of nitrogens with zero attached hydrogens (tertiary/aromatic N) is 1. The van der Waals surface area contributed by atoms with Gasteiger partial charge in [0.25, 0.3) is 0 Å². The van der Waals surface area contributed by atoms with Crippen LogP contribution in [0.2, 0.25) is 0 Å². The van der Waals surface area contributed by atoms with Crippen LogP contribution in [0.25, 0.3) is 0 Å². The number of likely N-dealkylation sites (N-methyl/N-ethyl adjacent to an activating group) is 1. The molecule has 0 aliphatic carbocycles. The molecule has 18 heavy (non-hydrogen) atoms. The quantitative estimate of drug-likeness (QED) is 0.526. The van der Waals surface area contributed by atoms with Crippen LogP contribution in [0.1, 0.15) is 6.42 Å². The summed E-state index contributed by atoms with van der Waals surface area (Å²) < 4.78 is 5.28. The lowest BCUT2D eigenvalue weighted by molar-refractivity contribution is -0.141. The van der Waals surface area contributed by atoms with Gasteiger partial charge < -0.3 is 25.8 Å². The Morgan fingerprint density at radius 3 is 2.78 bits per heavy atom. The number of amides is 2. The first-order valence-corrected chi connectivity index (χ1v) is 6.07. The van der Waals surface area contributed by atoms with Gasteiger partial charge in [-0.2, -0.15) is 0 Å².